The summed E-state index contributed by atoms with van der Waals surface area (Å²) in [6, 6.07) is 9.66. The van der Waals surface area contributed by atoms with Gasteiger partial charge in [-0.15, -0.1) is 10.2 Å². The van der Waals surface area contributed by atoms with Gasteiger partial charge in [0.15, 0.2) is 5.82 Å². The van der Waals surface area contributed by atoms with E-state index in [9.17, 15) is 4.79 Å². The van der Waals surface area contributed by atoms with Crippen LogP contribution in [0.4, 0.5) is 4.79 Å². The molecule has 1 aromatic carbocycles. The summed E-state index contributed by atoms with van der Waals surface area (Å²) in [6.45, 7) is 6.46. The fraction of sp³-hybridized carbons (Fsp3) is 0.500. The fourth-order valence-corrected chi connectivity index (χ4v) is 3.02. The van der Waals surface area contributed by atoms with Crippen LogP contribution < -0.4 is 10.6 Å². The van der Waals surface area contributed by atoms with Gasteiger partial charge in [0.2, 0.25) is 0 Å². The molecule has 0 saturated carbocycles. The van der Waals surface area contributed by atoms with Crippen molar-refractivity contribution in [2.45, 2.75) is 26.3 Å². The Labute approximate surface area is 148 Å². The van der Waals surface area contributed by atoms with Crippen LogP contribution in [0.5, 0.6) is 0 Å². The van der Waals surface area contributed by atoms with Crippen LogP contribution in [-0.4, -0.2) is 51.9 Å². The highest BCUT2D eigenvalue weighted by Gasteiger charge is 2.15. The van der Waals surface area contributed by atoms with E-state index in [-0.39, 0.29) is 6.03 Å². The second-order valence-electron chi connectivity index (χ2n) is 6.59. The van der Waals surface area contributed by atoms with E-state index in [4.69, 9.17) is 0 Å². The first kappa shape index (κ1) is 17.4. The second-order valence-corrected chi connectivity index (χ2v) is 6.59. The van der Waals surface area contributed by atoms with Crippen LogP contribution in [0.1, 0.15) is 25.6 Å². The molecule has 134 valence electrons. The summed E-state index contributed by atoms with van der Waals surface area (Å²) in [5, 5.41) is 13.8. The second kappa shape index (κ2) is 8.62. The Balaban J connectivity index is 1.40. The van der Waals surface area contributed by atoms with E-state index in [2.05, 4.69) is 32.7 Å². The Morgan fingerprint density at radius 2 is 1.96 bits per heavy atom. The average Bonchev–Trinajstić information content (AvgIpc) is 3.11. The normalized spacial score (nSPS) is 15.9. The molecule has 0 unspecified atom stereocenters. The third-order valence-electron chi connectivity index (χ3n) is 4.65. The lowest BCUT2D eigenvalue weighted by Crippen LogP contribution is -2.42. The molecule has 3 rings (SSSR count). The number of carbonyl (C=O) groups excluding carboxylic acids is 1. The van der Waals surface area contributed by atoms with Crippen molar-refractivity contribution < 1.29 is 4.79 Å². The van der Waals surface area contributed by atoms with Gasteiger partial charge in [0.05, 0.1) is 6.54 Å². The van der Waals surface area contributed by atoms with Gasteiger partial charge in [-0.25, -0.2) is 4.79 Å². The van der Waals surface area contributed by atoms with Gasteiger partial charge < -0.3 is 15.5 Å². The number of carbonyl (C=O) groups is 1. The number of hydrogen-bond donors (Lipinski definition) is 2. The van der Waals surface area contributed by atoms with Crippen molar-refractivity contribution >= 4 is 6.03 Å². The van der Waals surface area contributed by atoms with E-state index in [1.807, 2.05) is 34.9 Å². The number of nitrogens with one attached hydrogen (secondary N) is 2. The Kier molecular flexibility index (Phi) is 6.00. The molecule has 0 atom stereocenters. The fourth-order valence-electron chi connectivity index (χ4n) is 3.02. The number of nitrogens with zero attached hydrogens (tertiary/aromatic N) is 4. The van der Waals surface area contributed by atoms with Crippen LogP contribution >= 0.6 is 0 Å². The van der Waals surface area contributed by atoms with Crippen molar-refractivity contribution in [1.82, 2.24) is 30.3 Å². The van der Waals surface area contributed by atoms with E-state index in [0.29, 0.717) is 18.9 Å². The van der Waals surface area contributed by atoms with E-state index in [1.54, 1.807) is 6.33 Å². The molecule has 0 bridgehead atoms. The molecule has 0 aliphatic carbocycles. The van der Waals surface area contributed by atoms with Gasteiger partial charge in [-0.3, -0.25) is 4.57 Å². The molecule has 0 spiro atoms. The zero-order valence-corrected chi connectivity index (χ0v) is 14.7. The molecule has 1 aromatic heterocycles. The SMILES string of the molecule is CC1CCN(CCNC(=O)NCc2nncn2-c2ccccc2)CC1. The summed E-state index contributed by atoms with van der Waals surface area (Å²) in [7, 11) is 0. The first-order valence-electron chi connectivity index (χ1n) is 8.91. The van der Waals surface area contributed by atoms with Crippen molar-refractivity contribution in [2.75, 3.05) is 26.2 Å². The minimum Gasteiger partial charge on any atom is -0.337 e. The summed E-state index contributed by atoms with van der Waals surface area (Å²) in [4.78, 5) is 14.4. The van der Waals surface area contributed by atoms with Crippen LogP contribution in [0.25, 0.3) is 5.69 Å². The third kappa shape index (κ3) is 5.03. The van der Waals surface area contributed by atoms with E-state index in [1.165, 1.54) is 12.8 Å². The van der Waals surface area contributed by atoms with E-state index >= 15 is 0 Å². The molecule has 2 aromatic rings. The number of para-hydroxylation sites is 1. The minimum atomic E-state index is -0.173. The van der Waals surface area contributed by atoms with Crippen molar-refractivity contribution in [3.63, 3.8) is 0 Å². The number of hydrogen-bond acceptors (Lipinski definition) is 4. The van der Waals surface area contributed by atoms with Crippen LogP contribution in [0.15, 0.2) is 36.7 Å². The average molecular weight is 342 g/mol. The summed E-state index contributed by atoms with van der Waals surface area (Å²) < 4.78 is 1.87. The highest BCUT2D eigenvalue weighted by atomic mass is 16.2. The molecule has 25 heavy (non-hydrogen) atoms. The largest absolute Gasteiger partial charge is 0.337 e. The summed E-state index contributed by atoms with van der Waals surface area (Å²) in [5.41, 5.74) is 0.976. The predicted octanol–water partition coefficient (Wildman–Crippen LogP) is 1.80. The maximum atomic E-state index is 12.0. The van der Waals surface area contributed by atoms with Crippen molar-refractivity contribution in [2.24, 2.45) is 5.92 Å². The van der Waals surface area contributed by atoms with Gasteiger partial charge in [-0.1, -0.05) is 25.1 Å². The number of amides is 2. The Morgan fingerprint density at radius 1 is 1.20 bits per heavy atom. The van der Waals surface area contributed by atoms with Gasteiger partial charge in [0.25, 0.3) is 0 Å². The van der Waals surface area contributed by atoms with E-state index < -0.39 is 0 Å². The maximum absolute atomic E-state index is 12.0. The van der Waals surface area contributed by atoms with Gasteiger partial charge in [-0.05, 0) is 44.0 Å². The zero-order chi connectivity index (χ0) is 17.5. The predicted molar refractivity (Wildman–Crippen MR) is 96.4 cm³/mol. The third-order valence-corrected chi connectivity index (χ3v) is 4.65. The molecule has 2 amide bonds. The van der Waals surface area contributed by atoms with Crippen molar-refractivity contribution in [1.29, 1.82) is 0 Å². The highest BCUT2D eigenvalue weighted by molar-refractivity contribution is 5.73. The molecule has 1 saturated heterocycles. The van der Waals surface area contributed by atoms with Crippen LogP contribution in [0.2, 0.25) is 0 Å². The molecule has 1 aliphatic rings. The van der Waals surface area contributed by atoms with Gasteiger partial charge in [0, 0.05) is 18.8 Å². The first-order valence-corrected chi connectivity index (χ1v) is 8.91. The van der Waals surface area contributed by atoms with E-state index in [0.717, 1.165) is 31.2 Å². The van der Waals surface area contributed by atoms with Crippen molar-refractivity contribution in [3.05, 3.63) is 42.5 Å². The van der Waals surface area contributed by atoms with Crippen LogP contribution in [-0.2, 0) is 6.54 Å². The highest BCUT2D eigenvalue weighted by Crippen LogP contribution is 2.15. The maximum Gasteiger partial charge on any atom is 0.315 e. The molecule has 1 aliphatic heterocycles. The smallest absolute Gasteiger partial charge is 0.315 e. The molecule has 2 N–H and O–H groups in total. The molecule has 7 nitrogen and oxygen atoms in total. The van der Waals surface area contributed by atoms with Crippen LogP contribution in [0, 0.1) is 5.92 Å². The number of benzene rings is 1. The summed E-state index contributed by atoms with van der Waals surface area (Å²) in [5.74, 6) is 1.53. The number of aromatic nitrogens is 3. The van der Waals surface area contributed by atoms with Gasteiger partial charge in [0.1, 0.15) is 6.33 Å². The number of likely N-dealkylation sites (tertiary alicyclic amines) is 1. The number of rotatable bonds is 6. The Hall–Kier alpha value is -2.41. The zero-order valence-electron chi connectivity index (χ0n) is 14.7. The lowest BCUT2D eigenvalue weighted by Gasteiger charge is -2.30. The minimum absolute atomic E-state index is 0.173. The molecule has 7 heteroatoms. The molecule has 2 heterocycles. The summed E-state index contributed by atoms with van der Waals surface area (Å²) >= 11 is 0. The topological polar surface area (TPSA) is 75.1 Å². The first-order chi connectivity index (χ1) is 12.2. The van der Waals surface area contributed by atoms with Gasteiger partial charge >= 0.3 is 6.03 Å². The Morgan fingerprint density at radius 3 is 2.72 bits per heavy atom. The molecule has 0 radical (unpaired) electrons. The lowest BCUT2D eigenvalue weighted by molar-refractivity contribution is 0.191. The molecular weight excluding hydrogens is 316 g/mol. The quantitative estimate of drug-likeness (QED) is 0.839. The summed E-state index contributed by atoms with van der Waals surface area (Å²) in [6.07, 6.45) is 4.16. The molecule has 1 fully saturated rings. The molecular formula is C18H26N6O. The van der Waals surface area contributed by atoms with Crippen LogP contribution in [0.3, 0.4) is 0 Å². The van der Waals surface area contributed by atoms with Gasteiger partial charge in [-0.2, -0.15) is 0 Å². The number of piperidine rings is 1. The standard InChI is InChI=1S/C18H26N6O/c1-15-7-10-23(11-8-15)12-9-19-18(25)20-13-17-22-21-14-24(17)16-5-3-2-4-6-16/h2-6,14-15H,7-13H2,1H3,(H2,19,20,25). The Bertz CT molecular complexity index is 663. The monoisotopic (exact) mass is 342 g/mol. The lowest BCUT2D eigenvalue weighted by atomic mass is 9.99. The number of urea groups is 1. The van der Waals surface area contributed by atoms with Crippen molar-refractivity contribution in [3.8, 4) is 5.69 Å².